The Morgan fingerprint density at radius 3 is 2.63 bits per heavy atom. The van der Waals surface area contributed by atoms with E-state index in [1.807, 2.05) is 49.4 Å². The number of halogens is 2. The molecule has 0 bridgehead atoms. The molecule has 19 heavy (non-hydrogen) atoms. The Morgan fingerprint density at radius 1 is 1.16 bits per heavy atom. The normalized spacial score (nSPS) is 12.4. The van der Waals surface area contributed by atoms with Crippen molar-refractivity contribution in [2.45, 2.75) is 25.9 Å². The third-order valence-electron chi connectivity index (χ3n) is 3.02. The van der Waals surface area contributed by atoms with Crippen molar-refractivity contribution in [1.82, 2.24) is 0 Å². The summed E-state index contributed by atoms with van der Waals surface area (Å²) < 4.78 is 1.03. The summed E-state index contributed by atoms with van der Waals surface area (Å²) in [6.45, 7) is 2.01. The first-order chi connectivity index (χ1) is 9.04. The van der Waals surface area contributed by atoms with Gasteiger partial charge in [-0.05, 0) is 48.2 Å². The second-order valence-corrected chi connectivity index (χ2v) is 6.11. The van der Waals surface area contributed by atoms with Crippen molar-refractivity contribution in [2.24, 2.45) is 0 Å². The second-order valence-electron chi connectivity index (χ2n) is 4.79. The highest BCUT2D eigenvalue weighted by Gasteiger charge is 2.10. The molecule has 100 valence electrons. The lowest BCUT2D eigenvalue weighted by atomic mass is 10.0. The van der Waals surface area contributed by atoms with Crippen LogP contribution < -0.4 is 0 Å². The molecule has 1 unspecified atom stereocenters. The average Bonchev–Trinajstić information content (AvgIpc) is 2.33. The van der Waals surface area contributed by atoms with Crippen LogP contribution in [0.25, 0.3) is 0 Å². The summed E-state index contributed by atoms with van der Waals surface area (Å²) in [6, 6.07) is 13.9. The molecule has 0 aliphatic heterocycles. The predicted molar refractivity (Wildman–Crippen MR) is 83.7 cm³/mol. The average molecular weight is 340 g/mol. The molecule has 2 rings (SSSR count). The van der Waals surface area contributed by atoms with Crippen LogP contribution in [-0.4, -0.2) is 11.2 Å². The maximum Gasteiger partial charge on any atom is 0.0621 e. The Balaban J connectivity index is 2.03. The second kappa shape index (κ2) is 6.56. The Morgan fingerprint density at radius 2 is 1.95 bits per heavy atom. The molecular formula is C16H16BrClO. The summed E-state index contributed by atoms with van der Waals surface area (Å²) in [4.78, 5) is 0. The van der Waals surface area contributed by atoms with E-state index in [4.69, 9.17) is 11.6 Å². The first kappa shape index (κ1) is 14.6. The summed E-state index contributed by atoms with van der Waals surface area (Å²) in [6.07, 6.45) is 0.782. The molecule has 2 aromatic rings. The number of benzene rings is 2. The molecule has 3 heteroatoms. The topological polar surface area (TPSA) is 20.2 Å². The summed E-state index contributed by atoms with van der Waals surface area (Å²) >= 11 is 9.62. The van der Waals surface area contributed by atoms with Gasteiger partial charge < -0.3 is 5.11 Å². The summed E-state index contributed by atoms with van der Waals surface area (Å²) in [5.74, 6) is 0. The van der Waals surface area contributed by atoms with Crippen LogP contribution in [0.15, 0.2) is 46.9 Å². The van der Waals surface area contributed by atoms with Gasteiger partial charge in [-0.25, -0.2) is 0 Å². The third-order valence-corrected chi connectivity index (χ3v) is 3.87. The maximum absolute atomic E-state index is 10.2. The molecule has 0 aliphatic carbocycles. The molecule has 1 N–H and O–H groups in total. The van der Waals surface area contributed by atoms with Gasteiger partial charge in [0.15, 0.2) is 0 Å². The van der Waals surface area contributed by atoms with E-state index in [1.54, 1.807) is 0 Å². The van der Waals surface area contributed by atoms with Crippen molar-refractivity contribution in [1.29, 1.82) is 0 Å². The van der Waals surface area contributed by atoms with Crippen molar-refractivity contribution in [3.05, 3.63) is 68.7 Å². The minimum atomic E-state index is -0.422. The lowest BCUT2D eigenvalue weighted by molar-refractivity contribution is 0.175. The summed E-state index contributed by atoms with van der Waals surface area (Å²) in [5, 5.41) is 10.9. The van der Waals surface area contributed by atoms with Gasteiger partial charge in [0, 0.05) is 15.9 Å². The number of aliphatic hydroxyl groups excluding tert-OH is 1. The zero-order valence-corrected chi connectivity index (χ0v) is 13.1. The highest BCUT2D eigenvalue weighted by Crippen LogP contribution is 2.20. The van der Waals surface area contributed by atoms with Gasteiger partial charge in [0.25, 0.3) is 0 Å². The van der Waals surface area contributed by atoms with Crippen molar-refractivity contribution in [3.8, 4) is 0 Å². The highest BCUT2D eigenvalue weighted by atomic mass is 79.9. The van der Waals surface area contributed by atoms with Crippen molar-refractivity contribution in [2.75, 3.05) is 0 Å². The first-order valence-electron chi connectivity index (χ1n) is 6.22. The first-order valence-corrected chi connectivity index (χ1v) is 7.39. The Bertz CT molecular complexity index is 568. The Labute approximate surface area is 127 Å². The van der Waals surface area contributed by atoms with Crippen LogP contribution in [0.2, 0.25) is 5.02 Å². The highest BCUT2D eigenvalue weighted by molar-refractivity contribution is 9.10. The van der Waals surface area contributed by atoms with E-state index in [-0.39, 0.29) is 0 Å². The van der Waals surface area contributed by atoms with E-state index in [0.717, 1.165) is 26.2 Å². The molecule has 0 amide bonds. The van der Waals surface area contributed by atoms with Crippen molar-refractivity contribution >= 4 is 27.5 Å². The Kier molecular flexibility index (Phi) is 5.03. The number of aliphatic hydroxyl groups is 1. The number of hydrogen-bond donors (Lipinski definition) is 1. The van der Waals surface area contributed by atoms with Crippen molar-refractivity contribution in [3.63, 3.8) is 0 Å². The smallest absolute Gasteiger partial charge is 0.0621 e. The van der Waals surface area contributed by atoms with E-state index >= 15 is 0 Å². The zero-order valence-electron chi connectivity index (χ0n) is 10.7. The molecule has 0 spiro atoms. The third kappa shape index (κ3) is 4.34. The van der Waals surface area contributed by atoms with Crippen LogP contribution in [0.1, 0.15) is 16.7 Å². The molecule has 0 fully saturated rings. The zero-order chi connectivity index (χ0) is 13.8. The summed E-state index contributed by atoms with van der Waals surface area (Å²) in [7, 11) is 0. The number of aryl methyl sites for hydroxylation is 1. The largest absolute Gasteiger partial charge is 0.392 e. The standard InChI is InChI=1S/C16H16BrClO/c1-11-5-6-13(16(18)7-11)10-15(19)9-12-3-2-4-14(17)8-12/h2-8,15,19H,9-10H2,1H3. The quantitative estimate of drug-likeness (QED) is 0.866. The number of hydrogen-bond acceptors (Lipinski definition) is 1. The van der Waals surface area contributed by atoms with Gasteiger partial charge in [0.2, 0.25) is 0 Å². The molecule has 0 saturated carbocycles. The molecule has 0 radical (unpaired) electrons. The molecule has 2 aromatic carbocycles. The fourth-order valence-corrected chi connectivity index (χ4v) is 2.84. The van der Waals surface area contributed by atoms with Gasteiger partial charge in [-0.2, -0.15) is 0 Å². The van der Waals surface area contributed by atoms with Gasteiger partial charge in [0.05, 0.1) is 6.10 Å². The van der Waals surface area contributed by atoms with Crippen molar-refractivity contribution < 1.29 is 5.11 Å². The minimum Gasteiger partial charge on any atom is -0.392 e. The molecule has 1 nitrogen and oxygen atoms in total. The minimum absolute atomic E-state index is 0.422. The lowest BCUT2D eigenvalue weighted by Crippen LogP contribution is -2.14. The van der Waals surface area contributed by atoms with Crippen LogP contribution in [0.5, 0.6) is 0 Å². The van der Waals surface area contributed by atoms with Gasteiger partial charge in [0.1, 0.15) is 0 Å². The summed E-state index contributed by atoms with van der Waals surface area (Å²) in [5.41, 5.74) is 3.25. The molecule has 0 aromatic heterocycles. The maximum atomic E-state index is 10.2. The lowest BCUT2D eigenvalue weighted by Gasteiger charge is -2.12. The van der Waals surface area contributed by atoms with Gasteiger partial charge >= 0.3 is 0 Å². The van der Waals surface area contributed by atoms with E-state index in [9.17, 15) is 5.11 Å². The van der Waals surface area contributed by atoms with E-state index in [1.165, 1.54) is 0 Å². The van der Waals surface area contributed by atoms with E-state index in [0.29, 0.717) is 12.8 Å². The SMILES string of the molecule is Cc1ccc(CC(O)Cc2cccc(Br)c2)c(Cl)c1. The van der Waals surface area contributed by atoms with Gasteiger partial charge in [-0.3, -0.25) is 0 Å². The number of rotatable bonds is 4. The van der Waals surface area contributed by atoms with Crippen LogP contribution in [0.3, 0.4) is 0 Å². The van der Waals surface area contributed by atoms with Crippen LogP contribution in [0.4, 0.5) is 0 Å². The molecule has 0 aliphatic rings. The molecule has 0 saturated heterocycles. The van der Waals surface area contributed by atoms with E-state index < -0.39 is 6.10 Å². The molecular weight excluding hydrogens is 324 g/mol. The monoisotopic (exact) mass is 338 g/mol. The predicted octanol–water partition coefficient (Wildman–Crippen LogP) is 4.56. The fraction of sp³-hybridized carbons (Fsp3) is 0.250. The van der Waals surface area contributed by atoms with E-state index in [2.05, 4.69) is 15.9 Å². The van der Waals surface area contributed by atoms with Gasteiger partial charge in [-0.15, -0.1) is 0 Å². The van der Waals surface area contributed by atoms with Crippen LogP contribution in [-0.2, 0) is 12.8 Å². The molecule has 0 heterocycles. The van der Waals surface area contributed by atoms with Crippen LogP contribution in [0, 0.1) is 6.92 Å². The fourth-order valence-electron chi connectivity index (χ4n) is 2.08. The molecule has 1 atom stereocenters. The Hall–Kier alpha value is -0.830. The van der Waals surface area contributed by atoms with Crippen LogP contribution >= 0.6 is 27.5 Å². The van der Waals surface area contributed by atoms with Gasteiger partial charge in [-0.1, -0.05) is 51.8 Å².